The van der Waals surface area contributed by atoms with Crippen molar-refractivity contribution in [1.29, 1.82) is 0 Å². The summed E-state index contributed by atoms with van der Waals surface area (Å²) in [6.45, 7) is 6.56. The number of fused-ring (bicyclic) bond motifs is 1. The van der Waals surface area contributed by atoms with Gasteiger partial charge in [-0.1, -0.05) is 31.2 Å². The Bertz CT molecular complexity index is 468. The van der Waals surface area contributed by atoms with Crippen molar-refractivity contribution in [2.24, 2.45) is 0 Å². The van der Waals surface area contributed by atoms with Crippen LogP contribution in [-0.2, 0) is 12.0 Å². The second kappa shape index (κ2) is 6.47. The molecule has 1 atom stereocenters. The lowest BCUT2D eigenvalue weighted by atomic mass is 9.94. The summed E-state index contributed by atoms with van der Waals surface area (Å²) in [5.74, 6) is 0. The molecule has 3 nitrogen and oxygen atoms in total. The maximum Gasteiger partial charge on any atom is 0.103 e. The van der Waals surface area contributed by atoms with Crippen LogP contribution in [0.1, 0.15) is 43.7 Å². The van der Waals surface area contributed by atoms with Gasteiger partial charge in [0.05, 0.1) is 0 Å². The highest BCUT2D eigenvalue weighted by Gasteiger charge is 2.36. The first kappa shape index (κ1) is 15.0. The number of nitrogens with zero attached hydrogens (tertiary/aromatic N) is 1. The van der Waals surface area contributed by atoms with Crippen molar-refractivity contribution < 1.29 is 5.11 Å². The molecule has 0 spiro atoms. The van der Waals surface area contributed by atoms with Gasteiger partial charge in [-0.2, -0.15) is 0 Å². The van der Waals surface area contributed by atoms with E-state index in [1.54, 1.807) is 0 Å². The summed E-state index contributed by atoms with van der Waals surface area (Å²) in [4.78, 5) is 2.55. The Morgan fingerprint density at radius 3 is 2.81 bits per heavy atom. The third-order valence-corrected chi connectivity index (χ3v) is 5.14. The van der Waals surface area contributed by atoms with Crippen molar-refractivity contribution >= 4 is 0 Å². The molecule has 0 saturated carbocycles. The molecule has 3 rings (SSSR count). The summed E-state index contributed by atoms with van der Waals surface area (Å²) in [7, 11) is 0. The van der Waals surface area contributed by atoms with E-state index in [9.17, 15) is 5.11 Å². The fourth-order valence-electron chi connectivity index (χ4n) is 3.84. The molecule has 21 heavy (non-hydrogen) atoms. The molecule has 2 N–H and O–H groups in total. The van der Waals surface area contributed by atoms with E-state index >= 15 is 0 Å². The number of likely N-dealkylation sites (tertiary alicyclic amines) is 1. The van der Waals surface area contributed by atoms with Crippen LogP contribution in [0.3, 0.4) is 0 Å². The molecule has 1 saturated heterocycles. The van der Waals surface area contributed by atoms with Gasteiger partial charge in [-0.25, -0.2) is 0 Å². The molecular formula is C18H28N2O. The first-order valence-electron chi connectivity index (χ1n) is 8.48. The van der Waals surface area contributed by atoms with Gasteiger partial charge in [-0.05, 0) is 62.9 Å². The van der Waals surface area contributed by atoms with Gasteiger partial charge in [0.15, 0.2) is 0 Å². The number of rotatable bonds is 5. The van der Waals surface area contributed by atoms with Crippen molar-refractivity contribution in [1.82, 2.24) is 10.2 Å². The molecule has 1 aliphatic heterocycles. The van der Waals surface area contributed by atoms with Crippen molar-refractivity contribution in [3.8, 4) is 0 Å². The Labute approximate surface area is 128 Å². The molecule has 1 aliphatic carbocycles. The minimum absolute atomic E-state index is 0.565. The summed E-state index contributed by atoms with van der Waals surface area (Å²) < 4.78 is 0. The molecule has 1 fully saturated rings. The predicted molar refractivity (Wildman–Crippen MR) is 86.4 cm³/mol. The molecule has 0 radical (unpaired) electrons. The lowest BCUT2D eigenvalue weighted by Gasteiger charge is -2.34. The molecule has 3 heteroatoms. The molecule has 0 aromatic heterocycles. The van der Waals surface area contributed by atoms with Crippen LogP contribution >= 0.6 is 0 Å². The molecule has 1 aromatic carbocycles. The SMILES string of the molecule is CCCN1CCC(NCC2(O)CCc3ccccc32)CC1. The number of hydrogen-bond donors (Lipinski definition) is 2. The van der Waals surface area contributed by atoms with Crippen LogP contribution < -0.4 is 5.32 Å². The average Bonchev–Trinajstić information content (AvgIpc) is 2.86. The monoisotopic (exact) mass is 288 g/mol. The highest BCUT2D eigenvalue weighted by Crippen LogP contribution is 2.36. The summed E-state index contributed by atoms with van der Waals surface area (Å²) >= 11 is 0. The Morgan fingerprint density at radius 2 is 2.05 bits per heavy atom. The Balaban J connectivity index is 1.52. The van der Waals surface area contributed by atoms with Crippen molar-refractivity contribution in [2.75, 3.05) is 26.2 Å². The lowest BCUT2D eigenvalue weighted by molar-refractivity contribution is 0.0329. The molecular weight excluding hydrogens is 260 g/mol. The smallest absolute Gasteiger partial charge is 0.103 e. The van der Waals surface area contributed by atoms with E-state index in [2.05, 4.69) is 35.3 Å². The Kier molecular flexibility index (Phi) is 4.63. The highest BCUT2D eigenvalue weighted by molar-refractivity contribution is 5.37. The predicted octanol–water partition coefficient (Wildman–Crippen LogP) is 2.28. The average molecular weight is 288 g/mol. The number of aliphatic hydroxyl groups is 1. The first-order chi connectivity index (χ1) is 10.2. The second-order valence-corrected chi connectivity index (χ2v) is 6.69. The van der Waals surface area contributed by atoms with Crippen molar-refractivity contribution in [2.45, 2.75) is 50.7 Å². The fraction of sp³-hybridized carbons (Fsp3) is 0.667. The molecule has 1 unspecified atom stereocenters. The normalized spacial score (nSPS) is 27.0. The molecule has 116 valence electrons. The molecule has 0 bridgehead atoms. The number of benzene rings is 1. The fourth-order valence-corrected chi connectivity index (χ4v) is 3.84. The summed E-state index contributed by atoms with van der Waals surface area (Å²) in [6, 6.07) is 8.92. The van der Waals surface area contributed by atoms with Gasteiger partial charge in [0.25, 0.3) is 0 Å². The maximum absolute atomic E-state index is 10.9. The van der Waals surface area contributed by atoms with Gasteiger partial charge in [0, 0.05) is 12.6 Å². The third-order valence-electron chi connectivity index (χ3n) is 5.14. The van der Waals surface area contributed by atoms with Crippen LogP contribution in [0.2, 0.25) is 0 Å². The highest BCUT2D eigenvalue weighted by atomic mass is 16.3. The van der Waals surface area contributed by atoms with Crippen LogP contribution in [0.4, 0.5) is 0 Å². The van der Waals surface area contributed by atoms with E-state index < -0.39 is 5.60 Å². The largest absolute Gasteiger partial charge is 0.384 e. The van der Waals surface area contributed by atoms with Crippen molar-refractivity contribution in [3.63, 3.8) is 0 Å². The van der Waals surface area contributed by atoms with E-state index in [0.29, 0.717) is 12.6 Å². The minimum Gasteiger partial charge on any atom is -0.384 e. The third kappa shape index (κ3) is 3.31. The van der Waals surface area contributed by atoms with Crippen molar-refractivity contribution in [3.05, 3.63) is 35.4 Å². The Morgan fingerprint density at radius 1 is 1.29 bits per heavy atom. The van der Waals surface area contributed by atoms with Crippen LogP contribution in [-0.4, -0.2) is 42.2 Å². The number of piperidine rings is 1. The van der Waals surface area contributed by atoms with E-state index in [0.717, 1.165) is 18.4 Å². The summed E-state index contributed by atoms with van der Waals surface area (Å²) in [6.07, 6.45) is 5.52. The van der Waals surface area contributed by atoms with Crippen LogP contribution in [0.5, 0.6) is 0 Å². The number of nitrogens with one attached hydrogen (secondary N) is 1. The van der Waals surface area contributed by atoms with Gasteiger partial charge in [0.1, 0.15) is 5.60 Å². The first-order valence-corrected chi connectivity index (χ1v) is 8.48. The zero-order valence-corrected chi connectivity index (χ0v) is 13.1. The van der Waals surface area contributed by atoms with E-state index in [1.807, 2.05) is 6.07 Å². The Hall–Kier alpha value is -0.900. The van der Waals surface area contributed by atoms with E-state index in [4.69, 9.17) is 0 Å². The quantitative estimate of drug-likeness (QED) is 0.872. The second-order valence-electron chi connectivity index (χ2n) is 6.69. The summed E-state index contributed by atoms with van der Waals surface area (Å²) in [5.41, 5.74) is 1.80. The molecule has 2 aliphatic rings. The number of hydrogen-bond acceptors (Lipinski definition) is 3. The zero-order valence-electron chi connectivity index (χ0n) is 13.1. The standard InChI is InChI=1S/C18H28N2O/c1-2-11-20-12-8-16(9-13-20)19-14-18(21)10-7-15-5-3-4-6-17(15)18/h3-6,16,19,21H,2,7-14H2,1H3. The van der Waals surface area contributed by atoms with Crippen LogP contribution in [0.15, 0.2) is 24.3 Å². The maximum atomic E-state index is 10.9. The molecule has 1 aromatic rings. The lowest BCUT2D eigenvalue weighted by Crippen LogP contribution is -2.47. The molecule has 0 amide bonds. The van der Waals surface area contributed by atoms with Crippen LogP contribution in [0, 0.1) is 0 Å². The van der Waals surface area contributed by atoms with E-state index in [-0.39, 0.29) is 0 Å². The van der Waals surface area contributed by atoms with Gasteiger partial charge in [-0.15, -0.1) is 0 Å². The van der Waals surface area contributed by atoms with E-state index in [1.165, 1.54) is 44.5 Å². The number of aryl methyl sites for hydroxylation is 1. The van der Waals surface area contributed by atoms with Crippen LogP contribution in [0.25, 0.3) is 0 Å². The summed E-state index contributed by atoms with van der Waals surface area (Å²) in [5, 5.41) is 14.6. The molecule has 1 heterocycles. The van der Waals surface area contributed by atoms with Gasteiger partial charge >= 0.3 is 0 Å². The van der Waals surface area contributed by atoms with Gasteiger partial charge < -0.3 is 15.3 Å². The topological polar surface area (TPSA) is 35.5 Å². The van der Waals surface area contributed by atoms with Gasteiger partial charge in [0.2, 0.25) is 0 Å². The zero-order chi connectivity index (χ0) is 14.7. The van der Waals surface area contributed by atoms with Gasteiger partial charge in [-0.3, -0.25) is 0 Å². The minimum atomic E-state index is -0.656.